The Hall–Kier alpha value is -1.40. The Kier molecular flexibility index (Phi) is 3.59. The van der Waals surface area contributed by atoms with Crippen LogP contribution in [0.1, 0.15) is 33.4 Å². The number of rotatable bonds is 2. The predicted octanol–water partition coefficient (Wildman–Crippen LogP) is 0.833. The number of nitrogens with two attached hydrogens (primary N) is 1. The fraction of sp³-hybridized carbons (Fsp3) is 0.636. The molecule has 1 atom stereocenters. The smallest absolute Gasteiger partial charge is 0.419 e. The molecule has 1 aromatic heterocycles. The average molecular weight is 241 g/mol. The summed E-state index contributed by atoms with van der Waals surface area (Å²) in [5.41, 5.74) is 3.93. The Morgan fingerprint density at radius 3 is 2.59 bits per heavy atom. The Bertz CT molecular complexity index is 404. The third kappa shape index (κ3) is 3.54. The summed E-state index contributed by atoms with van der Waals surface area (Å²) in [6.45, 7) is 6.89. The molecule has 1 heterocycles. The molecule has 3 N–H and O–H groups in total. The predicted molar refractivity (Wildman–Crippen MR) is 62.5 cm³/mol. The summed E-state index contributed by atoms with van der Waals surface area (Å²) in [7, 11) is 0. The van der Waals surface area contributed by atoms with E-state index >= 15 is 0 Å². The van der Waals surface area contributed by atoms with Gasteiger partial charge >= 0.3 is 6.09 Å². The summed E-state index contributed by atoms with van der Waals surface area (Å²) in [5.74, 6) is 0. The lowest BCUT2D eigenvalue weighted by atomic mass is 10.0. The number of ether oxygens (including phenoxy) is 1. The molecule has 1 unspecified atom stereocenters. The van der Waals surface area contributed by atoms with Crippen LogP contribution in [0, 0.1) is 0 Å². The van der Waals surface area contributed by atoms with Gasteiger partial charge in [-0.05, 0) is 27.7 Å². The molecule has 0 aromatic carbocycles. The number of aromatic nitrogens is 2. The molecule has 0 amide bonds. The Morgan fingerprint density at radius 2 is 2.12 bits per heavy atom. The highest BCUT2D eigenvalue weighted by molar-refractivity contribution is 5.70. The SMILES string of the molecule is CC(C)(C)OC(=O)n1cnc(C(C)(O)CN)c1. The maximum absolute atomic E-state index is 11.7. The minimum Gasteiger partial charge on any atom is -0.443 e. The summed E-state index contributed by atoms with van der Waals surface area (Å²) < 4.78 is 6.34. The van der Waals surface area contributed by atoms with Gasteiger partial charge in [-0.2, -0.15) is 0 Å². The van der Waals surface area contributed by atoms with Gasteiger partial charge in [-0.25, -0.2) is 14.3 Å². The molecule has 6 nitrogen and oxygen atoms in total. The van der Waals surface area contributed by atoms with Crippen molar-refractivity contribution in [3.63, 3.8) is 0 Å². The van der Waals surface area contributed by atoms with Gasteiger partial charge < -0.3 is 15.6 Å². The number of hydrogen-bond donors (Lipinski definition) is 2. The second-order valence-corrected chi connectivity index (χ2v) is 5.12. The van der Waals surface area contributed by atoms with Crippen molar-refractivity contribution in [3.05, 3.63) is 18.2 Å². The molecule has 0 spiro atoms. The lowest BCUT2D eigenvalue weighted by Crippen LogP contribution is -2.31. The van der Waals surface area contributed by atoms with E-state index in [-0.39, 0.29) is 6.54 Å². The Balaban J connectivity index is 2.85. The molecule has 17 heavy (non-hydrogen) atoms. The zero-order valence-corrected chi connectivity index (χ0v) is 10.6. The van der Waals surface area contributed by atoms with E-state index in [4.69, 9.17) is 10.5 Å². The molecule has 0 aliphatic carbocycles. The third-order valence-corrected chi connectivity index (χ3v) is 2.14. The fourth-order valence-electron chi connectivity index (χ4n) is 1.12. The van der Waals surface area contributed by atoms with Gasteiger partial charge in [0, 0.05) is 12.7 Å². The molecule has 0 aliphatic heterocycles. The van der Waals surface area contributed by atoms with Crippen LogP contribution in [-0.4, -0.2) is 32.9 Å². The van der Waals surface area contributed by atoms with E-state index in [1.807, 2.05) is 0 Å². The van der Waals surface area contributed by atoms with Crippen molar-refractivity contribution in [2.24, 2.45) is 5.73 Å². The van der Waals surface area contributed by atoms with Crippen molar-refractivity contribution >= 4 is 6.09 Å². The highest BCUT2D eigenvalue weighted by atomic mass is 16.6. The van der Waals surface area contributed by atoms with E-state index in [9.17, 15) is 9.90 Å². The third-order valence-electron chi connectivity index (χ3n) is 2.14. The zero-order valence-electron chi connectivity index (χ0n) is 10.6. The van der Waals surface area contributed by atoms with E-state index in [1.54, 1.807) is 20.8 Å². The van der Waals surface area contributed by atoms with Crippen LogP contribution in [0.4, 0.5) is 4.79 Å². The maximum atomic E-state index is 11.7. The number of carbonyl (C=O) groups is 1. The van der Waals surface area contributed by atoms with Crippen molar-refractivity contribution in [2.75, 3.05) is 6.54 Å². The van der Waals surface area contributed by atoms with Crippen molar-refractivity contribution in [1.82, 2.24) is 9.55 Å². The van der Waals surface area contributed by atoms with Crippen LogP contribution in [0.3, 0.4) is 0 Å². The number of imidazole rings is 1. The van der Waals surface area contributed by atoms with Crippen LogP contribution in [0.5, 0.6) is 0 Å². The molecule has 1 rings (SSSR count). The van der Waals surface area contributed by atoms with Gasteiger partial charge in [-0.15, -0.1) is 0 Å². The summed E-state index contributed by atoms with van der Waals surface area (Å²) >= 11 is 0. The Labute approximate surface area is 100 Å². The molecule has 0 radical (unpaired) electrons. The van der Waals surface area contributed by atoms with Crippen molar-refractivity contribution in [1.29, 1.82) is 0 Å². The van der Waals surface area contributed by atoms with Gasteiger partial charge in [-0.1, -0.05) is 0 Å². The molecule has 6 heteroatoms. The number of nitrogens with zero attached hydrogens (tertiary/aromatic N) is 2. The highest BCUT2D eigenvalue weighted by Gasteiger charge is 2.25. The lowest BCUT2D eigenvalue weighted by molar-refractivity contribution is 0.0531. The van der Waals surface area contributed by atoms with Crippen LogP contribution >= 0.6 is 0 Å². The van der Waals surface area contributed by atoms with Crippen molar-refractivity contribution in [2.45, 2.75) is 38.9 Å². The van der Waals surface area contributed by atoms with E-state index < -0.39 is 17.3 Å². The number of aliphatic hydroxyl groups is 1. The summed E-state index contributed by atoms with van der Waals surface area (Å²) in [6.07, 6.45) is 2.18. The standard InChI is InChI=1S/C11H19N3O3/c1-10(2,3)17-9(15)14-5-8(13-7-14)11(4,16)6-12/h5,7,16H,6,12H2,1-4H3. The lowest BCUT2D eigenvalue weighted by Gasteiger charge is -2.19. The highest BCUT2D eigenvalue weighted by Crippen LogP contribution is 2.17. The maximum Gasteiger partial charge on any atom is 0.419 e. The first-order valence-corrected chi connectivity index (χ1v) is 5.36. The quantitative estimate of drug-likeness (QED) is 0.800. The fourth-order valence-corrected chi connectivity index (χ4v) is 1.12. The molecule has 0 saturated heterocycles. The number of carbonyl (C=O) groups excluding carboxylic acids is 1. The van der Waals surface area contributed by atoms with E-state index in [2.05, 4.69) is 4.98 Å². The first kappa shape index (κ1) is 13.7. The molecule has 0 aliphatic rings. The van der Waals surface area contributed by atoms with Crippen LogP contribution < -0.4 is 5.73 Å². The van der Waals surface area contributed by atoms with Gasteiger partial charge in [0.2, 0.25) is 0 Å². The molecule has 96 valence electrons. The van der Waals surface area contributed by atoms with Gasteiger partial charge in [0.25, 0.3) is 0 Å². The molecule has 1 aromatic rings. The molecule has 0 saturated carbocycles. The minimum atomic E-state index is -1.24. The molecule has 0 fully saturated rings. The zero-order chi connectivity index (χ0) is 13.3. The van der Waals surface area contributed by atoms with Crippen LogP contribution in [0.15, 0.2) is 12.5 Å². The Morgan fingerprint density at radius 1 is 1.53 bits per heavy atom. The molecular formula is C11H19N3O3. The van der Waals surface area contributed by atoms with Crippen LogP contribution in [-0.2, 0) is 10.3 Å². The second kappa shape index (κ2) is 4.46. The van der Waals surface area contributed by atoms with Gasteiger partial charge in [-0.3, -0.25) is 0 Å². The van der Waals surface area contributed by atoms with E-state index in [0.717, 1.165) is 0 Å². The van der Waals surface area contributed by atoms with E-state index in [1.165, 1.54) is 24.0 Å². The first-order valence-electron chi connectivity index (χ1n) is 5.36. The monoisotopic (exact) mass is 241 g/mol. The van der Waals surface area contributed by atoms with Crippen LogP contribution in [0.2, 0.25) is 0 Å². The number of hydrogen-bond acceptors (Lipinski definition) is 5. The van der Waals surface area contributed by atoms with Gasteiger partial charge in [0.1, 0.15) is 17.5 Å². The van der Waals surface area contributed by atoms with Crippen LogP contribution in [0.25, 0.3) is 0 Å². The molecule has 0 bridgehead atoms. The average Bonchev–Trinajstić information content (AvgIpc) is 2.64. The molecular weight excluding hydrogens is 222 g/mol. The largest absolute Gasteiger partial charge is 0.443 e. The first-order chi connectivity index (χ1) is 7.65. The van der Waals surface area contributed by atoms with E-state index in [0.29, 0.717) is 5.69 Å². The topological polar surface area (TPSA) is 90.4 Å². The van der Waals surface area contributed by atoms with Gasteiger partial charge in [0.15, 0.2) is 0 Å². The van der Waals surface area contributed by atoms with Crippen molar-refractivity contribution in [3.8, 4) is 0 Å². The minimum absolute atomic E-state index is 0.0261. The normalized spacial score (nSPS) is 15.4. The summed E-state index contributed by atoms with van der Waals surface area (Å²) in [5, 5.41) is 9.87. The summed E-state index contributed by atoms with van der Waals surface area (Å²) in [6, 6.07) is 0. The summed E-state index contributed by atoms with van der Waals surface area (Å²) in [4.78, 5) is 15.6. The van der Waals surface area contributed by atoms with Crippen molar-refractivity contribution < 1.29 is 14.6 Å². The van der Waals surface area contributed by atoms with Gasteiger partial charge in [0.05, 0.1) is 5.69 Å². The second-order valence-electron chi connectivity index (χ2n) is 5.12.